The van der Waals surface area contributed by atoms with Crippen LogP contribution in [0.2, 0.25) is 5.15 Å². The van der Waals surface area contributed by atoms with E-state index in [1.165, 1.54) is 6.21 Å². The van der Waals surface area contributed by atoms with Crippen molar-refractivity contribution in [1.29, 1.82) is 0 Å². The van der Waals surface area contributed by atoms with Crippen LogP contribution in [-0.2, 0) is 0 Å². The van der Waals surface area contributed by atoms with Gasteiger partial charge >= 0.3 is 0 Å². The lowest BCUT2D eigenvalue weighted by molar-refractivity contribution is 0.322. The standard InChI is InChI=1S/C19H15ClN4O3/c1-10-17(11(2)27-23-10)18-15(9-21-26)14-7-8-16(20)22-19(14)24(18)12-3-5-13(25)6-4-12/h3-9,25-26H,1-2H3. The van der Waals surface area contributed by atoms with Gasteiger partial charge in [0.25, 0.3) is 0 Å². The van der Waals surface area contributed by atoms with Gasteiger partial charge in [-0.25, -0.2) is 4.98 Å². The minimum Gasteiger partial charge on any atom is -0.508 e. The van der Waals surface area contributed by atoms with Gasteiger partial charge in [0.1, 0.15) is 22.3 Å². The van der Waals surface area contributed by atoms with Crippen molar-refractivity contribution >= 4 is 28.8 Å². The summed E-state index contributed by atoms with van der Waals surface area (Å²) >= 11 is 6.15. The van der Waals surface area contributed by atoms with E-state index in [-0.39, 0.29) is 5.75 Å². The summed E-state index contributed by atoms with van der Waals surface area (Å²) in [5.41, 5.74) is 4.15. The molecular formula is C19H15ClN4O3. The number of aromatic hydroxyl groups is 1. The van der Waals surface area contributed by atoms with E-state index in [1.54, 1.807) is 30.3 Å². The van der Waals surface area contributed by atoms with Crippen LogP contribution in [0.25, 0.3) is 28.0 Å². The van der Waals surface area contributed by atoms with Crippen LogP contribution >= 0.6 is 11.6 Å². The molecule has 4 aromatic rings. The van der Waals surface area contributed by atoms with Gasteiger partial charge in [-0.3, -0.25) is 4.57 Å². The molecule has 0 saturated carbocycles. The molecule has 0 radical (unpaired) electrons. The molecule has 3 heterocycles. The lowest BCUT2D eigenvalue weighted by Crippen LogP contribution is -2.00. The fourth-order valence-corrected chi connectivity index (χ4v) is 3.41. The van der Waals surface area contributed by atoms with E-state index in [1.807, 2.05) is 24.5 Å². The number of aryl methyl sites for hydroxylation is 2. The van der Waals surface area contributed by atoms with E-state index in [9.17, 15) is 10.3 Å². The Kier molecular flexibility index (Phi) is 4.08. The maximum atomic E-state index is 9.67. The molecule has 0 fully saturated rings. The second-order valence-corrected chi connectivity index (χ2v) is 6.45. The summed E-state index contributed by atoms with van der Waals surface area (Å²) in [6.45, 7) is 3.65. The Bertz CT molecular complexity index is 1160. The number of benzene rings is 1. The predicted molar refractivity (Wildman–Crippen MR) is 102 cm³/mol. The summed E-state index contributed by atoms with van der Waals surface area (Å²) in [5.74, 6) is 0.770. The number of hydrogen-bond acceptors (Lipinski definition) is 6. The minimum absolute atomic E-state index is 0.150. The first-order valence-electron chi connectivity index (χ1n) is 8.12. The van der Waals surface area contributed by atoms with Crippen LogP contribution < -0.4 is 0 Å². The van der Waals surface area contributed by atoms with Crippen LogP contribution in [0, 0.1) is 13.8 Å². The molecule has 2 N–H and O–H groups in total. The molecule has 4 rings (SSSR count). The number of hydrogen-bond donors (Lipinski definition) is 2. The Balaban J connectivity index is 2.21. The molecule has 3 aromatic heterocycles. The van der Waals surface area contributed by atoms with Crippen LogP contribution in [-0.4, -0.2) is 31.2 Å². The zero-order chi connectivity index (χ0) is 19.1. The van der Waals surface area contributed by atoms with Crippen LogP contribution in [0.15, 0.2) is 46.1 Å². The lowest BCUT2D eigenvalue weighted by Gasteiger charge is -2.11. The zero-order valence-corrected chi connectivity index (χ0v) is 15.3. The van der Waals surface area contributed by atoms with Crippen LogP contribution in [0.4, 0.5) is 0 Å². The number of phenols is 1. The number of pyridine rings is 1. The number of phenolic OH excluding ortho intramolecular Hbond substituents is 1. The van der Waals surface area contributed by atoms with Gasteiger partial charge < -0.3 is 14.8 Å². The van der Waals surface area contributed by atoms with Crippen LogP contribution in [0.3, 0.4) is 0 Å². The maximum Gasteiger partial charge on any atom is 0.147 e. The Labute approximate surface area is 159 Å². The van der Waals surface area contributed by atoms with Gasteiger partial charge in [0.05, 0.1) is 23.2 Å². The van der Waals surface area contributed by atoms with E-state index < -0.39 is 0 Å². The Morgan fingerprint density at radius 3 is 2.52 bits per heavy atom. The first-order chi connectivity index (χ1) is 13.0. The molecule has 0 aliphatic carbocycles. The van der Waals surface area contributed by atoms with Gasteiger partial charge in [-0.05, 0) is 50.2 Å². The molecule has 1 aromatic carbocycles. The third-order valence-corrected chi connectivity index (χ3v) is 4.60. The second kappa shape index (κ2) is 6.44. The fourth-order valence-electron chi connectivity index (χ4n) is 3.27. The van der Waals surface area contributed by atoms with Gasteiger partial charge in [-0.15, -0.1) is 0 Å². The largest absolute Gasteiger partial charge is 0.508 e. The zero-order valence-electron chi connectivity index (χ0n) is 14.5. The molecule has 0 aliphatic rings. The highest BCUT2D eigenvalue weighted by molar-refractivity contribution is 6.30. The number of fused-ring (bicyclic) bond motifs is 1. The van der Waals surface area contributed by atoms with Crippen molar-refractivity contribution in [2.75, 3.05) is 0 Å². The highest BCUT2D eigenvalue weighted by Gasteiger charge is 2.25. The summed E-state index contributed by atoms with van der Waals surface area (Å²) in [4.78, 5) is 4.48. The molecule has 136 valence electrons. The van der Waals surface area contributed by atoms with Gasteiger partial charge in [0, 0.05) is 16.6 Å². The van der Waals surface area contributed by atoms with Crippen molar-refractivity contribution < 1.29 is 14.8 Å². The second-order valence-electron chi connectivity index (χ2n) is 6.06. The first-order valence-corrected chi connectivity index (χ1v) is 8.50. The van der Waals surface area contributed by atoms with Gasteiger partial charge in [-0.1, -0.05) is 21.9 Å². The van der Waals surface area contributed by atoms with Gasteiger partial charge in [0.15, 0.2) is 0 Å². The van der Waals surface area contributed by atoms with Gasteiger partial charge in [0.2, 0.25) is 0 Å². The smallest absolute Gasteiger partial charge is 0.147 e. The molecule has 8 heteroatoms. The molecule has 0 unspecified atom stereocenters. The highest BCUT2D eigenvalue weighted by atomic mass is 35.5. The first kappa shape index (κ1) is 17.1. The summed E-state index contributed by atoms with van der Waals surface area (Å²) in [6.07, 6.45) is 1.36. The summed E-state index contributed by atoms with van der Waals surface area (Å²) in [7, 11) is 0. The molecule has 27 heavy (non-hydrogen) atoms. The minimum atomic E-state index is 0.150. The van der Waals surface area contributed by atoms with Crippen molar-refractivity contribution in [1.82, 2.24) is 14.7 Å². The molecule has 0 spiro atoms. The van der Waals surface area contributed by atoms with Crippen molar-refractivity contribution in [2.24, 2.45) is 5.16 Å². The van der Waals surface area contributed by atoms with Crippen molar-refractivity contribution in [3.63, 3.8) is 0 Å². The molecule has 0 atom stereocenters. The maximum absolute atomic E-state index is 9.67. The topological polar surface area (TPSA) is 96.7 Å². The number of nitrogens with zero attached hydrogens (tertiary/aromatic N) is 4. The molecule has 7 nitrogen and oxygen atoms in total. The summed E-state index contributed by atoms with van der Waals surface area (Å²) in [6, 6.07) is 10.2. The summed E-state index contributed by atoms with van der Waals surface area (Å²) in [5, 5.41) is 27.3. The van der Waals surface area contributed by atoms with E-state index in [4.69, 9.17) is 16.1 Å². The molecule has 0 saturated heterocycles. The monoisotopic (exact) mass is 382 g/mol. The normalized spacial score (nSPS) is 11.7. The third-order valence-electron chi connectivity index (χ3n) is 4.39. The molecule has 0 amide bonds. The Morgan fingerprint density at radius 2 is 1.89 bits per heavy atom. The van der Waals surface area contributed by atoms with Gasteiger partial charge in [-0.2, -0.15) is 0 Å². The molecule has 0 bridgehead atoms. The van der Waals surface area contributed by atoms with Crippen molar-refractivity contribution in [3.8, 4) is 22.7 Å². The van der Waals surface area contributed by atoms with E-state index in [2.05, 4.69) is 15.3 Å². The van der Waals surface area contributed by atoms with E-state index in [0.29, 0.717) is 33.5 Å². The van der Waals surface area contributed by atoms with E-state index in [0.717, 1.165) is 16.6 Å². The predicted octanol–water partition coefficient (Wildman–Crippen LogP) is 4.46. The van der Waals surface area contributed by atoms with Crippen molar-refractivity contribution in [3.05, 3.63) is 58.6 Å². The third kappa shape index (κ3) is 2.72. The number of halogens is 1. The van der Waals surface area contributed by atoms with Crippen LogP contribution in [0.5, 0.6) is 5.75 Å². The molecule has 0 aliphatic heterocycles. The lowest BCUT2D eigenvalue weighted by atomic mass is 10.0. The quantitative estimate of drug-likeness (QED) is 0.236. The SMILES string of the molecule is Cc1noc(C)c1-c1c(C=NO)c2ccc(Cl)nc2n1-c1ccc(O)cc1. The fraction of sp³-hybridized carbons (Fsp3) is 0.105. The number of rotatable bonds is 3. The number of aromatic nitrogens is 3. The number of oxime groups is 1. The highest BCUT2D eigenvalue weighted by Crippen LogP contribution is 2.38. The Hall–Kier alpha value is -3.32. The summed E-state index contributed by atoms with van der Waals surface area (Å²) < 4.78 is 7.23. The average molecular weight is 383 g/mol. The molecular weight excluding hydrogens is 368 g/mol. The van der Waals surface area contributed by atoms with Crippen molar-refractivity contribution in [2.45, 2.75) is 13.8 Å². The average Bonchev–Trinajstić information content (AvgIpc) is 3.13. The van der Waals surface area contributed by atoms with Crippen LogP contribution in [0.1, 0.15) is 17.0 Å². The Morgan fingerprint density at radius 1 is 1.15 bits per heavy atom. The van der Waals surface area contributed by atoms with E-state index >= 15 is 0 Å².